The highest BCUT2D eigenvalue weighted by Gasteiger charge is 2.19. The van der Waals surface area contributed by atoms with E-state index >= 15 is 0 Å². The second-order valence-electron chi connectivity index (χ2n) is 4.26. The third kappa shape index (κ3) is 2.73. The number of hydrogen-bond donors (Lipinski definition) is 2. The number of amides is 1. The molecule has 0 spiro atoms. The molecule has 1 aromatic carbocycles. The Morgan fingerprint density at radius 2 is 2.21 bits per heavy atom. The van der Waals surface area contributed by atoms with Crippen molar-refractivity contribution in [2.75, 3.05) is 13.1 Å². The summed E-state index contributed by atoms with van der Waals surface area (Å²) in [6.45, 7) is 2.03. The summed E-state index contributed by atoms with van der Waals surface area (Å²) in [6.07, 6.45) is 2.29. The molecule has 1 heterocycles. The molecule has 100 valence electrons. The Morgan fingerprint density at radius 3 is 2.89 bits per heavy atom. The molecule has 2 rings (SSSR count). The molecule has 0 fully saturated rings. The number of fused-ring (bicyclic) bond motifs is 1. The summed E-state index contributed by atoms with van der Waals surface area (Å²) in [4.78, 5) is 24.6. The van der Waals surface area contributed by atoms with Gasteiger partial charge in [-0.25, -0.2) is 0 Å². The predicted molar refractivity (Wildman–Crippen MR) is 69.9 cm³/mol. The molecule has 2 N–H and O–H groups in total. The van der Waals surface area contributed by atoms with Crippen LogP contribution in [-0.4, -0.2) is 45.2 Å². The first-order chi connectivity index (χ1) is 9.13. The molecule has 6 heteroatoms. The third-order valence-corrected chi connectivity index (χ3v) is 2.82. The Bertz CT molecular complexity index is 606. The smallest absolute Gasteiger partial charge is 0.323 e. The van der Waals surface area contributed by atoms with Gasteiger partial charge in [-0.3, -0.25) is 14.7 Å². The largest absolute Gasteiger partial charge is 0.480 e. The number of carbonyl (C=O) groups excluding carboxylic acids is 1. The highest BCUT2D eigenvalue weighted by atomic mass is 16.4. The van der Waals surface area contributed by atoms with Crippen LogP contribution in [0.15, 0.2) is 24.4 Å². The highest BCUT2D eigenvalue weighted by molar-refractivity contribution is 6.06. The van der Waals surface area contributed by atoms with Crippen LogP contribution in [0.4, 0.5) is 0 Å². The van der Waals surface area contributed by atoms with Gasteiger partial charge in [-0.1, -0.05) is 13.0 Å². The lowest BCUT2D eigenvalue weighted by Gasteiger charge is -2.20. The maximum atomic E-state index is 12.4. The van der Waals surface area contributed by atoms with Crippen LogP contribution < -0.4 is 0 Å². The zero-order valence-corrected chi connectivity index (χ0v) is 10.6. The van der Waals surface area contributed by atoms with E-state index in [1.54, 1.807) is 18.3 Å². The number of carboxylic acid groups (broad SMARTS) is 1. The van der Waals surface area contributed by atoms with Crippen molar-refractivity contribution in [3.63, 3.8) is 0 Å². The van der Waals surface area contributed by atoms with Gasteiger partial charge in [0.15, 0.2) is 0 Å². The molecular weight excluding hydrogens is 246 g/mol. The number of nitrogens with one attached hydrogen (secondary N) is 1. The number of benzene rings is 1. The van der Waals surface area contributed by atoms with Crippen molar-refractivity contribution in [3.8, 4) is 0 Å². The maximum Gasteiger partial charge on any atom is 0.323 e. The van der Waals surface area contributed by atoms with Crippen LogP contribution in [-0.2, 0) is 4.79 Å². The molecule has 6 nitrogen and oxygen atoms in total. The topological polar surface area (TPSA) is 86.3 Å². The number of hydrogen-bond acceptors (Lipinski definition) is 3. The molecule has 1 amide bonds. The SMILES string of the molecule is CCCN(CC(=O)O)C(=O)c1cccc2[nH]ncc12. The van der Waals surface area contributed by atoms with Crippen LogP contribution in [0.2, 0.25) is 0 Å². The average molecular weight is 261 g/mol. The number of aliphatic carboxylic acids is 1. The van der Waals surface area contributed by atoms with Gasteiger partial charge in [0.2, 0.25) is 0 Å². The first-order valence-corrected chi connectivity index (χ1v) is 6.06. The van der Waals surface area contributed by atoms with Gasteiger partial charge in [-0.15, -0.1) is 0 Å². The Hall–Kier alpha value is -2.37. The fourth-order valence-electron chi connectivity index (χ4n) is 2.01. The minimum Gasteiger partial charge on any atom is -0.480 e. The molecule has 0 unspecified atom stereocenters. The number of carbonyl (C=O) groups is 2. The first kappa shape index (κ1) is 13.1. The molecule has 0 aliphatic rings. The Labute approximate surface area is 110 Å². The van der Waals surface area contributed by atoms with E-state index in [0.717, 1.165) is 5.52 Å². The second-order valence-corrected chi connectivity index (χ2v) is 4.26. The molecule has 1 aromatic heterocycles. The zero-order valence-electron chi connectivity index (χ0n) is 10.6. The van der Waals surface area contributed by atoms with Crippen molar-refractivity contribution in [2.24, 2.45) is 0 Å². The summed E-state index contributed by atoms with van der Waals surface area (Å²) >= 11 is 0. The van der Waals surface area contributed by atoms with E-state index in [-0.39, 0.29) is 12.5 Å². The third-order valence-electron chi connectivity index (χ3n) is 2.82. The van der Waals surface area contributed by atoms with Crippen molar-refractivity contribution in [2.45, 2.75) is 13.3 Å². The number of carboxylic acids is 1. The van der Waals surface area contributed by atoms with Gasteiger partial charge < -0.3 is 10.0 Å². The molecule has 0 atom stereocenters. The molecule has 0 aliphatic heterocycles. The molecule has 0 saturated heterocycles. The summed E-state index contributed by atoms with van der Waals surface area (Å²) in [7, 11) is 0. The van der Waals surface area contributed by atoms with E-state index in [2.05, 4.69) is 10.2 Å². The molecule has 0 aliphatic carbocycles. The normalized spacial score (nSPS) is 10.6. The fourth-order valence-corrected chi connectivity index (χ4v) is 2.01. The Morgan fingerprint density at radius 1 is 1.42 bits per heavy atom. The van der Waals surface area contributed by atoms with Gasteiger partial charge in [0, 0.05) is 11.9 Å². The molecule has 0 radical (unpaired) electrons. The number of rotatable bonds is 5. The summed E-state index contributed by atoms with van der Waals surface area (Å²) in [6, 6.07) is 5.25. The van der Waals surface area contributed by atoms with Crippen molar-refractivity contribution < 1.29 is 14.7 Å². The van der Waals surface area contributed by atoms with Gasteiger partial charge in [-0.2, -0.15) is 5.10 Å². The van der Waals surface area contributed by atoms with Crippen LogP contribution >= 0.6 is 0 Å². The van der Waals surface area contributed by atoms with E-state index in [9.17, 15) is 9.59 Å². The highest BCUT2D eigenvalue weighted by Crippen LogP contribution is 2.18. The lowest BCUT2D eigenvalue weighted by Crippen LogP contribution is -2.36. The second kappa shape index (κ2) is 5.51. The van der Waals surface area contributed by atoms with Crippen LogP contribution in [0, 0.1) is 0 Å². The van der Waals surface area contributed by atoms with Crippen LogP contribution in [0.1, 0.15) is 23.7 Å². The van der Waals surface area contributed by atoms with Gasteiger partial charge in [-0.05, 0) is 18.6 Å². The maximum absolute atomic E-state index is 12.4. The summed E-state index contributed by atoms with van der Waals surface area (Å²) in [5.41, 5.74) is 1.23. The predicted octanol–water partition coefficient (Wildman–Crippen LogP) is 1.50. The minimum atomic E-state index is -1.01. The van der Waals surface area contributed by atoms with Gasteiger partial charge in [0.05, 0.1) is 17.3 Å². The molecule has 0 bridgehead atoms. The monoisotopic (exact) mass is 261 g/mol. The first-order valence-electron chi connectivity index (χ1n) is 6.06. The Kier molecular flexibility index (Phi) is 3.79. The fraction of sp³-hybridized carbons (Fsp3) is 0.308. The molecule has 0 saturated carbocycles. The van der Waals surface area contributed by atoms with Crippen LogP contribution in [0.3, 0.4) is 0 Å². The summed E-state index contributed by atoms with van der Waals surface area (Å²) in [5, 5.41) is 16.3. The van der Waals surface area contributed by atoms with Crippen LogP contribution in [0.25, 0.3) is 10.9 Å². The quantitative estimate of drug-likeness (QED) is 0.854. The van der Waals surface area contributed by atoms with E-state index in [1.807, 2.05) is 13.0 Å². The molecular formula is C13H15N3O3. The number of nitrogens with zero attached hydrogens (tertiary/aromatic N) is 2. The molecule has 2 aromatic rings. The molecule has 19 heavy (non-hydrogen) atoms. The average Bonchev–Trinajstić information content (AvgIpc) is 2.85. The van der Waals surface area contributed by atoms with Crippen molar-refractivity contribution in [1.29, 1.82) is 0 Å². The van der Waals surface area contributed by atoms with Gasteiger partial charge >= 0.3 is 5.97 Å². The van der Waals surface area contributed by atoms with E-state index in [4.69, 9.17) is 5.11 Å². The minimum absolute atomic E-state index is 0.281. The lowest BCUT2D eigenvalue weighted by molar-refractivity contribution is -0.137. The Balaban J connectivity index is 2.35. The number of aromatic amines is 1. The number of H-pyrrole nitrogens is 1. The van der Waals surface area contributed by atoms with E-state index in [1.165, 1.54) is 4.90 Å². The zero-order chi connectivity index (χ0) is 13.8. The van der Waals surface area contributed by atoms with E-state index in [0.29, 0.717) is 23.9 Å². The standard InChI is InChI=1S/C13H15N3O3/c1-2-6-16(8-12(17)18)13(19)9-4-3-5-11-10(9)7-14-15-11/h3-5,7H,2,6,8H2,1H3,(H,14,15)(H,17,18). The van der Waals surface area contributed by atoms with Gasteiger partial charge in [0.1, 0.15) is 6.54 Å². The van der Waals surface area contributed by atoms with Gasteiger partial charge in [0.25, 0.3) is 5.91 Å². The number of aromatic nitrogens is 2. The van der Waals surface area contributed by atoms with Crippen LogP contribution in [0.5, 0.6) is 0 Å². The van der Waals surface area contributed by atoms with Crippen molar-refractivity contribution in [3.05, 3.63) is 30.0 Å². The lowest BCUT2D eigenvalue weighted by atomic mass is 10.1. The summed E-state index contributed by atoms with van der Waals surface area (Å²) < 4.78 is 0. The van der Waals surface area contributed by atoms with E-state index < -0.39 is 5.97 Å². The van der Waals surface area contributed by atoms with Crippen molar-refractivity contribution >= 4 is 22.8 Å². The summed E-state index contributed by atoms with van der Waals surface area (Å²) in [5.74, 6) is -1.29. The van der Waals surface area contributed by atoms with Crippen molar-refractivity contribution in [1.82, 2.24) is 15.1 Å².